The summed E-state index contributed by atoms with van der Waals surface area (Å²) in [4.78, 5) is 10.8. The Morgan fingerprint density at radius 1 is 1.21 bits per heavy atom. The predicted molar refractivity (Wildman–Crippen MR) is 50.7 cm³/mol. The number of rotatable bonds is 2. The van der Waals surface area contributed by atoms with Crippen LogP contribution in [0, 0.1) is 11.8 Å². The quantitative estimate of drug-likeness (QED) is 0.739. The Hall–Kier alpha value is -0.580. The van der Waals surface area contributed by atoms with E-state index < -0.39 is 27.0 Å². The first-order chi connectivity index (χ1) is 6.52. The first-order valence-corrected chi connectivity index (χ1v) is 6.68. The van der Waals surface area contributed by atoms with E-state index in [1.807, 2.05) is 0 Å². The minimum absolute atomic E-state index is 0.106. The molecule has 2 fully saturated rings. The van der Waals surface area contributed by atoms with Gasteiger partial charge in [-0.25, -0.2) is 8.42 Å². The van der Waals surface area contributed by atoms with Gasteiger partial charge in [-0.05, 0) is 18.8 Å². The van der Waals surface area contributed by atoms with E-state index >= 15 is 0 Å². The number of carboxylic acids is 1. The SMILES string of the molecule is O=C(O)C1CS(=O)(=O)C1C1CCCC1. The number of hydrogen-bond acceptors (Lipinski definition) is 3. The van der Waals surface area contributed by atoms with Gasteiger partial charge in [0.15, 0.2) is 9.84 Å². The standard InChI is InChI=1S/C9H14O4S/c10-9(11)7-5-14(12,13)8(7)6-3-1-2-4-6/h6-8H,1-5H2,(H,10,11). The second-order valence-corrected chi connectivity index (χ2v) is 6.49. The predicted octanol–water partition coefficient (Wildman–Crippen LogP) is 0.674. The smallest absolute Gasteiger partial charge is 0.308 e. The third kappa shape index (κ3) is 1.43. The van der Waals surface area contributed by atoms with Gasteiger partial charge < -0.3 is 5.11 Å². The molecule has 80 valence electrons. The van der Waals surface area contributed by atoms with Crippen molar-refractivity contribution in [2.24, 2.45) is 11.8 Å². The molecule has 2 unspecified atom stereocenters. The lowest BCUT2D eigenvalue weighted by atomic mass is 9.92. The molecule has 1 saturated heterocycles. The van der Waals surface area contributed by atoms with Crippen molar-refractivity contribution >= 4 is 15.8 Å². The minimum atomic E-state index is -3.08. The first-order valence-electron chi connectivity index (χ1n) is 4.97. The van der Waals surface area contributed by atoms with Crippen LogP contribution in [-0.2, 0) is 14.6 Å². The number of sulfone groups is 1. The highest BCUT2D eigenvalue weighted by atomic mass is 32.2. The second kappa shape index (κ2) is 3.22. The van der Waals surface area contributed by atoms with Crippen LogP contribution in [0.25, 0.3) is 0 Å². The van der Waals surface area contributed by atoms with Gasteiger partial charge in [0.25, 0.3) is 0 Å². The van der Waals surface area contributed by atoms with Gasteiger partial charge in [0.05, 0.1) is 16.9 Å². The zero-order valence-electron chi connectivity index (χ0n) is 7.85. The Kier molecular flexibility index (Phi) is 2.29. The summed E-state index contributed by atoms with van der Waals surface area (Å²) < 4.78 is 22.9. The number of hydrogen-bond donors (Lipinski definition) is 1. The Labute approximate surface area is 83.2 Å². The van der Waals surface area contributed by atoms with Gasteiger partial charge in [-0.3, -0.25) is 4.79 Å². The lowest BCUT2D eigenvalue weighted by molar-refractivity contribution is -0.142. The summed E-state index contributed by atoms with van der Waals surface area (Å²) in [6.07, 6.45) is 3.85. The third-order valence-corrected chi connectivity index (χ3v) is 5.77. The van der Waals surface area contributed by atoms with E-state index in [2.05, 4.69) is 0 Å². The Morgan fingerprint density at radius 3 is 2.21 bits per heavy atom. The summed E-state index contributed by atoms with van der Waals surface area (Å²) in [7, 11) is -3.08. The van der Waals surface area contributed by atoms with Gasteiger partial charge in [0.1, 0.15) is 0 Å². The Morgan fingerprint density at radius 2 is 1.79 bits per heavy atom. The third-order valence-electron chi connectivity index (χ3n) is 3.40. The first kappa shape index (κ1) is 9.96. The summed E-state index contributed by atoms with van der Waals surface area (Å²) in [6, 6.07) is 0. The van der Waals surface area contributed by atoms with Gasteiger partial charge in [0, 0.05) is 0 Å². The molecule has 4 nitrogen and oxygen atoms in total. The molecule has 1 heterocycles. The topological polar surface area (TPSA) is 71.4 Å². The molecule has 0 aromatic rings. The number of carbonyl (C=O) groups is 1. The second-order valence-electron chi connectivity index (χ2n) is 4.28. The van der Waals surface area contributed by atoms with Gasteiger partial charge in [0.2, 0.25) is 0 Å². The lowest BCUT2D eigenvalue weighted by Crippen LogP contribution is -2.54. The molecule has 0 bridgehead atoms. The van der Waals surface area contributed by atoms with Crippen LogP contribution in [0.1, 0.15) is 25.7 Å². The molecule has 2 atom stereocenters. The van der Waals surface area contributed by atoms with Crippen molar-refractivity contribution in [3.05, 3.63) is 0 Å². The van der Waals surface area contributed by atoms with E-state index in [-0.39, 0.29) is 11.7 Å². The van der Waals surface area contributed by atoms with Crippen molar-refractivity contribution in [2.45, 2.75) is 30.9 Å². The van der Waals surface area contributed by atoms with Crippen molar-refractivity contribution in [3.63, 3.8) is 0 Å². The molecule has 0 amide bonds. The molecular weight excluding hydrogens is 204 g/mol. The van der Waals surface area contributed by atoms with Crippen molar-refractivity contribution in [1.29, 1.82) is 0 Å². The normalized spacial score (nSPS) is 36.6. The highest BCUT2D eigenvalue weighted by Crippen LogP contribution is 2.41. The van der Waals surface area contributed by atoms with Crippen LogP contribution in [0.5, 0.6) is 0 Å². The largest absolute Gasteiger partial charge is 0.481 e. The van der Waals surface area contributed by atoms with Crippen LogP contribution < -0.4 is 0 Å². The molecule has 1 aliphatic heterocycles. The molecule has 0 spiro atoms. The summed E-state index contributed by atoms with van der Waals surface area (Å²) in [5, 5.41) is 8.25. The van der Waals surface area contributed by atoms with Crippen LogP contribution in [-0.4, -0.2) is 30.5 Å². The van der Waals surface area contributed by atoms with Crippen LogP contribution in [0.2, 0.25) is 0 Å². The fourth-order valence-corrected chi connectivity index (χ4v) is 4.99. The average molecular weight is 218 g/mol. The Bertz CT molecular complexity index is 340. The Balaban J connectivity index is 2.16. The molecule has 0 aromatic heterocycles. The molecule has 0 aromatic carbocycles. The van der Waals surface area contributed by atoms with Gasteiger partial charge in [-0.1, -0.05) is 12.8 Å². The monoisotopic (exact) mass is 218 g/mol. The zero-order chi connectivity index (χ0) is 10.3. The van der Waals surface area contributed by atoms with E-state index in [1.54, 1.807) is 0 Å². The molecule has 2 aliphatic rings. The van der Waals surface area contributed by atoms with Crippen molar-refractivity contribution in [2.75, 3.05) is 5.75 Å². The lowest BCUT2D eigenvalue weighted by Gasteiger charge is -2.37. The zero-order valence-corrected chi connectivity index (χ0v) is 8.66. The highest BCUT2D eigenvalue weighted by molar-refractivity contribution is 7.93. The molecule has 1 saturated carbocycles. The van der Waals surface area contributed by atoms with Gasteiger partial charge in [-0.15, -0.1) is 0 Å². The van der Waals surface area contributed by atoms with Gasteiger partial charge in [-0.2, -0.15) is 0 Å². The summed E-state index contributed by atoms with van der Waals surface area (Å²) in [5.74, 6) is -1.63. The van der Waals surface area contributed by atoms with Crippen LogP contribution in [0.3, 0.4) is 0 Å². The highest BCUT2D eigenvalue weighted by Gasteiger charge is 2.53. The summed E-state index contributed by atoms with van der Waals surface area (Å²) in [5.41, 5.74) is 0. The fraction of sp³-hybridized carbons (Fsp3) is 0.889. The fourth-order valence-electron chi connectivity index (χ4n) is 2.70. The number of aliphatic carboxylic acids is 1. The molecule has 1 aliphatic carbocycles. The van der Waals surface area contributed by atoms with E-state index in [4.69, 9.17) is 5.11 Å². The molecular formula is C9H14O4S. The van der Waals surface area contributed by atoms with Crippen molar-refractivity contribution in [1.82, 2.24) is 0 Å². The van der Waals surface area contributed by atoms with Crippen molar-refractivity contribution < 1.29 is 18.3 Å². The van der Waals surface area contributed by atoms with Crippen LogP contribution >= 0.6 is 0 Å². The maximum absolute atomic E-state index is 11.5. The minimum Gasteiger partial charge on any atom is -0.481 e. The van der Waals surface area contributed by atoms with Crippen LogP contribution in [0.4, 0.5) is 0 Å². The van der Waals surface area contributed by atoms with Gasteiger partial charge >= 0.3 is 5.97 Å². The molecule has 2 rings (SSSR count). The maximum Gasteiger partial charge on any atom is 0.308 e. The molecule has 1 N–H and O–H groups in total. The van der Waals surface area contributed by atoms with Crippen molar-refractivity contribution in [3.8, 4) is 0 Å². The molecule has 0 radical (unpaired) electrons. The van der Waals surface area contributed by atoms with Crippen LogP contribution in [0.15, 0.2) is 0 Å². The average Bonchev–Trinajstić information content (AvgIpc) is 2.53. The van der Waals surface area contributed by atoms with E-state index in [9.17, 15) is 13.2 Å². The van der Waals surface area contributed by atoms with E-state index in [0.717, 1.165) is 25.7 Å². The maximum atomic E-state index is 11.5. The summed E-state index contributed by atoms with van der Waals surface area (Å²) in [6.45, 7) is 0. The molecule has 5 heteroatoms. The summed E-state index contributed by atoms with van der Waals surface area (Å²) >= 11 is 0. The molecule has 14 heavy (non-hydrogen) atoms. The van der Waals surface area contributed by atoms with E-state index in [1.165, 1.54) is 0 Å². The number of carboxylic acid groups (broad SMARTS) is 1. The van der Waals surface area contributed by atoms with E-state index in [0.29, 0.717) is 0 Å².